The quantitative estimate of drug-likeness (QED) is 0.415. The topological polar surface area (TPSA) is 73.3 Å². The lowest BCUT2D eigenvalue weighted by Gasteiger charge is -2.26. The van der Waals surface area contributed by atoms with Gasteiger partial charge in [-0.3, -0.25) is 4.90 Å². The van der Waals surface area contributed by atoms with Crippen molar-refractivity contribution in [2.75, 3.05) is 13.1 Å². The van der Waals surface area contributed by atoms with Crippen molar-refractivity contribution in [2.24, 2.45) is 7.05 Å². The van der Waals surface area contributed by atoms with Crippen LogP contribution in [0.4, 0.5) is 0 Å². The molecule has 0 bridgehead atoms. The van der Waals surface area contributed by atoms with Gasteiger partial charge < -0.3 is 9.52 Å². The zero-order chi connectivity index (χ0) is 20.0. The maximum Gasteiger partial charge on any atom is 0.352 e. The number of hydrogen-bond donors (Lipinski definition) is 2. The lowest BCUT2D eigenvalue weighted by molar-refractivity contribution is -0.633. The molecule has 29 heavy (non-hydrogen) atoms. The van der Waals surface area contributed by atoms with Gasteiger partial charge in [-0.05, 0) is 56.3 Å². The Bertz CT molecular complexity index is 1270. The van der Waals surface area contributed by atoms with E-state index in [0.29, 0.717) is 29.1 Å². The molecule has 5 rings (SSSR count). The SMILES string of the molecule is C[n+]1c(-c2cc3ccc(O)c(CN4CCCCC4)c3oc2=O)[nH]c2ccccc21. The minimum atomic E-state index is -0.412. The number of fused-ring (bicyclic) bond motifs is 2. The number of nitrogens with zero attached hydrogens (tertiary/aromatic N) is 2. The zero-order valence-corrected chi connectivity index (χ0v) is 16.4. The Morgan fingerprint density at radius 3 is 2.72 bits per heavy atom. The summed E-state index contributed by atoms with van der Waals surface area (Å²) in [5.41, 5.74) is 3.20. The number of aromatic nitrogens is 2. The molecule has 148 valence electrons. The Balaban J connectivity index is 1.64. The molecule has 2 N–H and O–H groups in total. The standard InChI is InChI=1S/C23H23N3O3/c1-25-19-8-4-3-7-18(19)24-22(25)16-13-15-9-10-20(27)17(21(15)29-23(16)28)14-26-11-5-2-6-12-26/h3-4,7-10,13H,2,5-6,11-12,14H2,1H3,(H,24,27,28)/p+1. The molecule has 0 spiro atoms. The molecule has 6 nitrogen and oxygen atoms in total. The van der Waals surface area contributed by atoms with Gasteiger partial charge in [-0.15, -0.1) is 0 Å². The molecular weight excluding hydrogens is 366 g/mol. The molecule has 2 aromatic carbocycles. The Labute approximate surface area is 168 Å². The van der Waals surface area contributed by atoms with Crippen molar-refractivity contribution in [3.05, 3.63) is 58.4 Å². The van der Waals surface area contributed by atoms with Crippen molar-refractivity contribution in [3.63, 3.8) is 0 Å². The van der Waals surface area contributed by atoms with Gasteiger partial charge in [0.25, 0.3) is 5.82 Å². The fourth-order valence-electron chi connectivity index (χ4n) is 4.34. The first-order valence-corrected chi connectivity index (χ1v) is 10.1. The van der Waals surface area contributed by atoms with Crippen molar-refractivity contribution in [1.29, 1.82) is 0 Å². The maximum absolute atomic E-state index is 12.9. The van der Waals surface area contributed by atoms with E-state index in [1.165, 1.54) is 6.42 Å². The smallest absolute Gasteiger partial charge is 0.352 e. The summed E-state index contributed by atoms with van der Waals surface area (Å²) in [5.74, 6) is 0.877. The summed E-state index contributed by atoms with van der Waals surface area (Å²) in [6.07, 6.45) is 3.57. The van der Waals surface area contributed by atoms with Crippen molar-refractivity contribution < 1.29 is 14.1 Å². The first kappa shape index (κ1) is 17.9. The van der Waals surface area contributed by atoms with Crippen LogP contribution in [0.3, 0.4) is 0 Å². The number of rotatable bonds is 3. The highest BCUT2D eigenvalue weighted by molar-refractivity contribution is 5.85. The van der Waals surface area contributed by atoms with Crippen LogP contribution in [0.25, 0.3) is 33.4 Å². The number of imidazole rings is 1. The molecule has 0 unspecified atom stereocenters. The van der Waals surface area contributed by atoms with Gasteiger partial charge in [-0.2, -0.15) is 0 Å². The Kier molecular flexibility index (Phi) is 4.36. The number of H-pyrrole nitrogens is 1. The van der Waals surface area contributed by atoms with E-state index in [-0.39, 0.29) is 5.75 Å². The van der Waals surface area contributed by atoms with E-state index < -0.39 is 5.63 Å². The third kappa shape index (κ3) is 3.09. The molecule has 2 aromatic heterocycles. The van der Waals surface area contributed by atoms with Gasteiger partial charge in [0.1, 0.15) is 11.3 Å². The molecule has 1 aliphatic heterocycles. The molecular formula is C23H24N3O3+. The van der Waals surface area contributed by atoms with E-state index >= 15 is 0 Å². The van der Waals surface area contributed by atoms with Crippen molar-refractivity contribution in [3.8, 4) is 17.1 Å². The van der Waals surface area contributed by atoms with Crippen LogP contribution in [0, 0.1) is 0 Å². The van der Waals surface area contributed by atoms with E-state index in [1.54, 1.807) is 12.1 Å². The van der Waals surface area contributed by atoms with Crippen molar-refractivity contribution in [1.82, 2.24) is 9.88 Å². The summed E-state index contributed by atoms with van der Waals surface area (Å²) in [5, 5.41) is 11.3. The number of piperidine rings is 1. The highest BCUT2D eigenvalue weighted by Crippen LogP contribution is 2.30. The highest BCUT2D eigenvalue weighted by Gasteiger charge is 2.23. The van der Waals surface area contributed by atoms with E-state index in [4.69, 9.17) is 4.42 Å². The number of aryl methyl sites for hydroxylation is 1. The van der Waals surface area contributed by atoms with Gasteiger partial charge >= 0.3 is 5.63 Å². The number of likely N-dealkylation sites (tertiary alicyclic amines) is 1. The van der Waals surface area contributed by atoms with Gasteiger partial charge in [-0.25, -0.2) is 14.3 Å². The third-order valence-corrected chi connectivity index (χ3v) is 5.92. The minimum absolute atomic E-state index is 0.176. The highest BCUT2D eigenvalue weighted by atomic mass is 16.4. The monoisotopic (exact) mass is 390 g/mol. The lowest BCUT2D eigenvalue weighted by Crippen LogP contribution is -2.30. The zero-order valence-electron chi connectivity index (χ0n) is 16.4. The second-order valence-corrected chi connectivity index (χ2v) is 7.82. The van der Waals surface area contributed by atoms with Crippen molar-refractivity contribution >= 4 is 22.0 Å². The number of aromatic amines is 1. The summed E-state index contributed by atoms with van der Waals surface area (Å²) in [6, 6.07) is 13.3. The number of nitrogens with one attached hydrogen (secondary N) is 1. The van der Waals surface area contributed by atoms with Gasteiger partial charge in [-0.1, -0.05) is 18.6 Å². The lowest BCUT2D eigenvalue weighted by atomic mass is 10.1. The molecule has 0 amide bonds. The molecule has 0 radical (unpaired) electrons. The molecule has 1 fully saturated rings. The van der Waals surface area contributed by atoms with E-state index in [0.717, 1.165) is 42.4 Å². The van der Waals surface area contributed by atoms with E-state index in [2.05, 4.69) is 9.88 Å². The molecule has 4 aromatic rings. The van der Waals surface area contributed by atoms with Crippen LogP contribution in [-0.2, 0) is 13.6 Å². The van der Waals surface area contributed by atoms with E-state index in [1.807, 2.05) is 41.9 Å². The molecule has 0 aliphatic carbocycles. The average molecular weight is 390 g/mol. The number of hydrogen-bond acceptors (Lipinski definition) is 4. The van der Waals surface area contributed by atoms with Gasteiger partial charge in [0.2, 0.25) is 0 Å². The van der Waals surface area contributed by atoms with Crippen molar-refractivity contribution in [2.45, 2.75) is 25.8 Å². The number of aromatic hydroxyl groups is 1. The van der Waals surface area contributed by atoms with Crippen LogP contribution in [0.2, 0.25) is 0 Å². The second kappa shape index (κ2) is 7.04. The summed E-state index contributed by atoms with van der Waals surface area (Å²) in [7, 11) is 1.93. The number of phenols is 1. The van der Waals surface area contributed by atoms with Gasteiger partial charge in [0.15, 0.2) is 16.6 Å². The van der Waals surface area contributed by atoms with Crippen LogP contribution in [0.5, 0.6) is 5.75 Å². The Morgan fingerprint density at radius 2 is 1.93 bits per heavy atom. The summed E-state index contributed by atoms with van der Waals surface area (Å²) in [6.45, 7) is 2.59. The number of benzene rings is 2. The molecule has 0 saturated carbocycles. The predicted octanol–water partition coefficient (Wildman–Crippen LogP) is 3.46. The fourth-order valence-corrected chi connectivity index (χ4v) is 4.34. The number of para-hydroxylation sites is 2. The van der Waals surface area contributed by atoms with E-state index in [9.17, 15) is 9.90 Å². The van der Waals surface area contributed by atoms with Crippen LogP contribution >= 0.6 is 0 Å². The van der Waals surface area contributed by atoms with Crippen LogP contribution < -0.4 is 10.2 Å². The molecule has 6 heteroatoms. The van der Waals surface area contributed by atoms with Crippen LogP contribution in [0.1, 0.15) is 24.8 Å². The Hall–Kier alpha value is -3.12. The summed E-state index contributed by atoms with van der Waals surface area (Å²) >= 11 is 0. The Morgan fingerprint density at radius 1 is 1.14 bits per heavy atom. The normalized spacial score (nSPS) is 15.3. The second-order valence-electron chi connectivity index (χ2n) is 7.82. The first-order valence-electron chi connectivity index (χ1n) is 10.1. The first-order chi connectivity index (χ1) is 14.1. The molecule has 1 saturated heterocycles. The predicted molar refractivity (Wildman–Crippen MR) is 112 cm³/mol. The minimum Gasteiger partial charge on any atom is -0.507 e. The maximum atomic E-state index is 12.9. The molecule has 1 aliphatic rings. The number of phenolic OH excluding ortho intramolecular Hbond substituents is 1. The molecule has 0 atom stereocenters. The van der Waals surface area contributed by atoms with Crippen LogP contribution in [-0.4, -0.2) is 28.1 Å². The summed E-state index contributed by atoms with van der Waals surface area (Å²) in [4.78, 5) is 18.6. The van der Waals surface area contributed by atoms with Crippen LogP contribution in [0.15, 0.2) is 51.7 Å². The van der Waals surface area contributed by atoms with Gasteiger partial charge in [0, 0.05) is 11.9 Å². The third-order valence-electron chi connectivity index (χ3n) is 5.92. The van der Waals surface area contributed by atoms with Gasteiger partial charge in [0.05, 0.1) is 12.6 Å². The fraction of sp³-hybridized carbons (Fsp3) is 0.304. The molecule has 3 heterocycles. The summed E-state index contributed by atoms with van der Waals surface area (Å²) < 4.78 is 7.74. The largest absolute Gasteiger partial charge is 0.507 e. The average Bonchev–Trinajstić information content (AvgIpc) is 3.07.